The van der Waals surface area contributed by atoms with Crippen LogP contribution < -0.4 is 40.0 Å². The minimum Gasteiger partial charge on any atom is -0.550 e. The van der Waals surface area contributed by atoms with Gasteiger partial charge >= 0.3 is 29.6 Å². The van der Waals surface area contributed by atoms with Crippen molar-refractivity contribution in [1.82, 2.24) is 4.98 Å². The molecule has 1 amide bonds. The molecule has 78 valence electrons. The van der Waals surface area contributed by atoms with Crippen LogP contribution in [0.25, 0.3) is 0 Å². The van der Waals surface area contributed by atoms with Gasteiger partial charge in [-0.2, -0.15) is 0 Å². The number of carboxylic acid groups (broad SMARTS) is 1. The van der Waals surface area contributed by atoms with E-state index in [2.05, 4.69) is 10.3 Å². The molecule has 0 bridgehead atoms. The maximum atomic E-state index is 11.5. The topological polar surface area (TPSA) is 82.1 Å². The second kappa shape index (κ2) is 5.43. The van der Waals surface area contributed by atoms with Crippen molar-refractivity contribution in [2.45, 2.75) is 6.42 Å². The van der Waals surface area contributed by atoms with E-state index in [0.717, 1.165) is 0 Å². The molecule has 0 unspecified atom stereocenters. The number of aliphatic carboxylic acids is 1. The van der Waals surface area contributed by atoms with Crippen molar-refractivity contribution in [3.8, 4) is 0 Å². The Bertz CT molecular complexity index is 396. The molecule has 1 heterocycles. The van der Waals surface area contributed by atoms with Gasteiger partial charge in [-0.15, -0.1) is 0 Å². The average Bonchev–Trinajstić information content (AvgIpc) is 2.98. The predicted octanol–water partition coefficient (Wildman–Crippen LogP) is -3.59. The zero-order valence-electron chi connectivity index (χ0n) is 8.84. The zero-order chi connectivity index (χ0) is 10.8. The Morgan fingerprint density at radius 2 is 1.94 bits per heavy atom. The summed E-state index contributed by atoms with van der Waals surface area (Å²) in [4.78, 5) is 25.7. The summed E-state index contributed by atoms with van der Waals surface area (Å²) < 4.78 is 0. The number of aromatic nitrogens is 1. The molecule has 5 nitrogen and oxygen atoms in total. The molecule has 0 aromatic carbocycles. The number of carbonyl (C=O) groups excluding carboxylic acids is 2. The van der Waals surface area contributed by atoms with Crippen LogP contribution in [0.2, 0.25) is 0 Å². The number of nitrogens with zero attached hydrogens (tertiary/aromatic N) is 1. The molecule has 1 N–H and O–H groups in total. The van der Waals surface area contributed by atoms with E-state index in [4.69, 9.17) is 0 Å². The summed E-state index contributed by atoms with van der Waals surface area (Å²) in [5, 5.41) is 13.0. The van der Waals surface area contributed by atoms with Gasteiger partial charge < -0.3 is 15.2 Å². The van der Waals surface area contributed by atoms with Crippen molar-refractivity contribution in [3.05, 3.63) is 24.5 Å². The first-order valence-electron chi connectivity index (χ1n) is 4.60. The minimum absolute atomic E-state index is 0. The van der Waals surface area contributed by atoms with Crippen LogP contribution >= 0.6 is 0 Å². The standard InChI is InChI=1S/C10H10N2O3.Na/c13-9(7-5-8(7)10(14)15)12-6-1-3-11-4-2-6;/h1-4,7-8H,5H2,(H,14,15)(H,11,12,13);/q;+1/p-1/t7-,8+;/m0./s1. The van der Waals surface area contributed by atoms with Gasteiger partial charge in [-0.3, -0.25) is 9.78 Å². The monoisotopic (exact) mass is 228 g/mol. The van der Waals surface area contributed by atoms with Crippen LogP contribution in [0.3, 0.4) is 0 Å². The van der Waals surface area contributed by atoms with Crippen LogP contribution in [0.1, 0.15) is 6.42 Å². The van der Waals surface area contributed by atoms with Crippen LogP contribution in [-0.2, 0) is 9.59 Å². The molecule has 0 aliphatic heterocycles. The van der Waals surface area contributed by atoms with Crippen LogP contribution in [0, 0.1) is 11.8 Å². The van der Waals surface area contributed by atoms with E-state index in [-0.39, 0.29) is 35.5 Å². The summed E-state index contributed by atoms with van der Waals surface area (Å²) >= 11 is 0. The van der Waals surface area contributed by atoms with Crippen molar-refractivity contribution in [2.24, 2.45) is 11.8 Å². The number of carbonyl (C=O) groups is 2. The van der Waals surface area contributed by atoms with E-state index in [9.17, 15) is 14.7 Å². The van der Waals surface area contributed by atoms with Crippen LogP contribution in [-0.4, -0.2) is 16.9 Å². The third kappa shape index (κ3) is 3.04. The van der Waals surface area contributed by atoms with Crippen LogP contribution in [0.4, 0.5) is 5.69 Å². The third-order valence-corrected chi connectivity index (χ3v) is 2.38. The van der Waals surface area contributed by atoms with Crippen LogP contribution in [0.5, 0.6) is 0 Å². The number of hydrogen-bond donors (Lipinski definition) is 1. The van der Waals surface area contributed by atoms with Gasteiger partial charge in [-0.25, -0.2) is 0 Å². The van der Waals surface area contributed by atoms with E-state index in [0.29, 0.717) is 12.1 Å². The van der Waals surface area contributed by atoms with Gasteiger partial charge in [0.1, 0.15) is 0 Å². The second-order valence-electron chi connectivity index (χ2n) is 3.49. The fourth-order valence-electron chi connectivity index (χ4n) is 1.42. The Kier molecular flexibility index (Phi) is 4.46. The molecule has 1 aliphatic carbocycles. The molecule has 2 atom stereocenters. The quantitative estimate of drug-likeness (QED) is 0.542. The summed E-state index contributed by atoms with van der Waals surface area (Å²) in [6.45, 7) is 0. The first-order valence-corrected chi connectivity index (χ1v) is 4.60. The zero-order valence-corrected chi connectivity index (χ0v) is 10.8. The maximum absolute atomic E-state index is 11.5. The van der Waals surface area contributed by atoms with Gasteiger partial charge in [0, 0.05) is 35.9 Å². The minimum atomic E-state index is -1.15. The van der Waals surface area contributed by atoms with Crippen LogP contribution in [0.15, 0.2) is 24.5 Å². The Labute approximate surface area is 115 Å². The number of carboxylic acids is 1. The molecule has 1 fully saturated rings. The number of pyridine rings is 1. The third-order valence-electron chi connectivity index (χ3n) is 2.38. The molecule has 1 aromatic heterocycles. The summed E-state index contributed by atoms with van der Waals surface area (Å²) in [5.74, 6) is -2.48. The van der Waals surface area contributed by atoms with Crippen molar-refractivity contribution in [2.75, 3.05) is 5.32 Å². The molecule has 16 heavy (non-hydrogen) atoms. The molecule has 0 radical (unpaired) electrons. The van der Waals surface area contributed by atoms with E-state index < -0.39 is 17.8 Å². The van der Waals surface area contributed by atoms with Crippen molar-refractivity contribution in [3.63, 3.8) is 0 Å². The molecule has 1 aliphatic rings. The summed E-state index contributed by atoms with van der Waals surface area (Å²) in [6.07, 6.45) is 3.48. The first kappa shape index (κ1) is 13.2. The van der Waals surface area contributed by atoms with Gasteiger partial charge in [0.15, 0.2) is 0 Å². The molecule has 1 aromatic rings. The van der Waals surface area contributed by atoms with E-state index in [1.54, 1.807) is 24.5 Å². The fraction of sp³-hybridized carbons (Fsp3) is 0.300. The van der Waals surface area contributed by atoms with E-state index in [1.807, 2.05) is 0 Å². The normalized spacial score (nSPS) is 21.8. The molecule has 0 saturated heterocycles. The van der Waals surface area contributed by atoms with Gasteiger partial charge in [-0.1, -0.05) is 0 Å². The summed E-state index contributed by atoms with van der Waals surface area (Å²) in [6, 6.07) is 3.29. The van der Waals surface area contributed by atoms with E-state index in [1.165, 1.54) is 0 Å². The molecule has 1 saturated carbocycles. The summed E-state index contributed by atoms with van der Waals surface area (Å²) in [7, 11) is 0. The van der Waals surface area contributed by atoms with Crippen molar-refractivity contribution in [1.29, 1.82) is 0 Å². The number of nitrogens with one attached hydrogen (secondary N) is 1. The van der Waals surface area contributed by atoms with Crippen molar-refractivity contribution < 1.29 is 44.3 Å². The second-order valence-corrected chi connectivity index (χ2v) is 3.49. The average molecular weight is 228 g/mol. The number of anilines is 1. The Hall–Kier alpha value is -0.910. The summed E-state index contributed by atoms with van der Waals surface area (Å²) in [5.41, 5.74) is 0.624. The molecular weight excluding hydrogens is 219 g/mol. The largest absolute Gasteiger partial charge is 1.00 e. The van der Waals surface area contributed by atoms with Crippen molar-refractivity contribution >= 4 is 17.6 Å². The van der Waals surface area contributed by atoms with Gasteiger partial charge in [0.25, 0.3) is 0 Å². The van der Waals surface area contributed by atoms with Gasteiger partial charge in [0.05, 0.1) is 0 Å². The smallest absolute Gasteiger partial charge is 0.550 e. The predicted molar refractivity (Wildman–Crippen MR) is 49.5 cm³/mol. The van der Waals surface area contributed by atoms with Gasteiger partial charge in [-0.05, 0) is 18.6 Å². The Morgan fingerprint density at radius 1 is 1.31 bits per heavy atom. The molecular formula is C10H9N2NaO3. The Balaban J connectivity index is 0.00000128. The fourth-order valence-corrected chi connectivity index (χ4v) is 1.42. The van der Waals surface area contributed by atoms with E-state index >= 15 is 0 Å². The number of rotatable bonds is 3. The number of amides is 1. The Morgan fingerprint density at radius 3 is 2.44 bits per heavy atom. The molecule has 6 heteroatoms. The maximum Gasteiger partial charge on any atom is 1.00 e. The SMILES string of the molecule is O=C(Nc1ccncc1)[C@H]1C[C@H]1C(=O)[O-].[Na+]. The molecule has 2 rings (SSSR count). The van der Waals surface area contributed by atoms with Gasteiger partial charge in [0.2, 0.25) is 5.91 Å². The number of hydrogen-bond acceptors (Lipinski definition) is 4. The first-order chi connectivity index (χ1) is 7.18. The molecule has 0 spiro atoms.